The van der Waals surface area contributed by atoms with E-state index in [0.29, 0.717) is 0 Å². The van der Waals surface area contributed by atoms with Crippen molar-refractivity contribution < 1.29 is 0 Å². The van der Waals surface area contributed by atoms with Gasteiger partial charge in [0, 0.05) is 0 Å². The predicted molar refractivity (Wildman–Crippen MR) is 38.5 cm³/mol. The maximum absolute atomic E-state index is 10.6. The molecular weight excluding hydrogens is 130 g/mol. The zero-order valence-corrected chi connectivity index (χ0v) is 4.97. The molecule has 0 atom stereocenters. The van der Waals surface area contributed by atoms with E-state index in [0.717, 1.165) is 0 Å². The van der Waals surface area contributed by atoms with E-state index in [-0.39, 0.29) is 10.9 Å². The Morgan fingerprint density at radius 2 is 1.20 bits per heavy atom. The smallest absolute Gasteiger partial charge is 0.254 e. The second-order valence-corrected chi connectivity index (χ2v) is 1.74. The monoisotopic (exact) mass is 132 g/mol. The van der Waals surface area contributed by atoms with Crippen molar-refractivity contribution in [1.82, 2.24) is 10.2 Å². The molecule has 2 N–H and O–H groups in total. The minimum atomic E-state index is -0.586. The number of aromatic nitrogens is 2. The van der Waals surface area contributed by atoms with E-state index in [4.69, 9.17) is 15.7 Å². The highest BCUT2D eigenvalue weighted by Gasteiger charge is 1.98. The first-order valence-electron chi connectivity index (χ1n) is 2.49. The van der Waals surface area contributed by atoms with Gasteiger partial charge in [0.05, 0.1) is 0 Å². The van der Waals surface area contributed by atoms with Gasteiger partial charge in [-0.1, -0.05) is 0 Å². The first-order valence-corrected chi connectivity index (χ1v) is 2.49. The Kier molecular flexibility index (Phi) is 1.53. The van der Waals surface area contributed by atoms with Crippen LogP contribution in [0.5, 0.6) is 0 Å². The number of hydrogen-bond donors (Lipinski definition) is 2. The van der Waals surface area contributed by atoms with Crippen molar-refractivity contribution in [3.05, 3.63) is 20.7 Å². The third kappa shape index (κ3) is 0.920. The van der Waals surface area contributed by atoms with Gasteiger partial charge in [0.25, 0.3) is 11.1 Å². The lowest BCUT2D eigenvalue weighted by Gasteiger charge is -1.93. The number of nitrogens with one attached hydrogen (secondary N) is 2. The molecule has 0 bridgehead atoms. The molecule has 0 unspecified atom stereocenters. The van der Waals surface area contributed by atoms with Crippen molar-refractivity contribution in [3.8, 4) is 0 Å². The van der Waals surface area contributed by atoms with Crippen LogP contribution in [0, 0.1) is 0 Å². The number of rotatable bonds is 0. The first kappa shape index (κ1) is 6.92. The molecule has 0 spiro atoms. The van der Waals surface area contributed by atoms with Gasteiger partial charge in [0.2, 0.25) is 0 Å². The summed E-state index contributed by atoms with van der Waals surface area (Å²) in [5.74, 6) is 0. The molecule has 1 heterocycles. The highest BCUT2D eigenvalue weighted by molar-refractivity contribution is 6.47. The summed E-state index contributed by atoms with van der Waals surface area (Å²) in [4.78, 5) is 21.1. The van der Waals surface area contributed by atoms with Crippen LogP contribution >= 0.6 is 0 Å². The summed E-state index contributed by atoms with van der Waals surface area (Å²) in [6.45, 7) is 0. The molecule has 1 aromatic rings. The summed E-state index contributed by atoms with van der Waals surface area (Å²) in [6, 6.07) is 0. The van der Waals surface area contributed by atoms with E-state index in [1.807, 2.05) is 10.2 Å². The Morgan fingerprint density at radius 1 is 0.900 bits per heavy atom. The third-order valence-corrected chi connectivity index (χ3v) is 1.07. The Bertz CT molecular complexity index is 318. The van der Waals surface area contributed by atoms with Crippen LogP contribution < -0.4 is 22.0 Å². The van der Waals surface area contributed by atoms with E-state index in [2.05, 4.69) is 0 Å². The fraction of sp³-hybridized carbons (Fsp3) is 0. The summed E-state index contributed by atoms with van der Waals surface area (Å²) in [6.07, 6.45) is 0. The van der Waals surface area contributed by atoms with Crippen LogP contribution in [0.3, 0.4) is 0 Å². The van der Waals surface area contributed by atoms with E-state index in [1.54, 1.807) is 0 Å². The Hall–Kier alpha value is -1.19. The summed E-state index contributed by atoms with van der Waals surface area (Å²) in [7, 11) is 10.2. The van der Waals surface area contributed by atoms with Gasteiger partial charge in [-0.2, -0.15) is 0 Å². The van der Waals surface area contributed by atoms with Crippen LogP contribution in [0.15, 0.2) is 9.59 Å². The quantitative estimate of drug-likeness (QED) is 0.362. The van der Waals surface area contributed by atoms with Crippen LogP contribution in [0.25, 0.3) is 0 Å². The average molecular weight is 132 g/mol. The molecule has 4 nitrogen and oxygen atoms in total. The molecule has 4 radical (unpaired) electrons. The predicted octanol–water partition coefficient (Wildman–Crippen LogP) is -3.35. The van der Waals surface area contributed by atoms with Crippen molar-refractivity contribution in [2.24, 2.45) is 0 Å². The second-order valence-electron chi connectivity index (χ2n) is 1.74. The van der Waals surface area contributed by atoms with Gasteiger partial charge in [0.15, 0.2) is 0 Å². The SMILES string of the molecule is [B]c1c([B])c(=O)[nH][nH]c1=O. The minimum Gasteiger partial charge on any atom is -0.269 e. The van der Waals surface area contributed by atoms with Crippen LogP contribution in [-0.4, -0.2) is 25.9 Å². The maximum Gasteiger partial charge on any atom is 0.254 e. The van der Waals surface area contributed by atoms with E-state index in [1.165, 1.54) is 0 Å². The zero-order valence-electron chi connectivity index (χ0n) is 4.97. The molecule has 0 fully saturated rings. The fourth-order valence-corrected chi connectivity index (χ4v) is 0.493. The minimum absolute atomic E-state index is 0.247. The van der Waals surface area contributed by atoms with Crippen LogP contribution in [0.2, 0.25) is 0 Å². The van der Waals surface area contributed by atoms with Gasteiger partial charge in [-0.05, 0) is 10.9 Å². The lowest BCUT2D eigenvalue weighted by Crippen LogP contribution is -2.50. The van der Waals surface area contributed by atoms with Crippen molar-refractivity contribution in [1.29, 1.82) is 0 Å². The highest BCUT2D eigenvalue weighted by Crippen LogP contribution is 1.43. The number of hydrogen-bond acceptors (Lipinski definition) is 2. The average Bonchev–Trinajstić information content (AvgIpc) is 1.93. The highest BCUT2D eigenvalue weighted by atomic mass is 16.1. The lowest BCUT2D eigenvalue weighted by molar-refractivity contribution is 0.972. The van der Waals surface area contributed by atoms with E-state index >= 15 is 0 Å². The van der Waals surface area contributed by atoms with Crippen LogP contribution in [0.4, 0.5) is 0 Å². The van der Waals surface area contributed by atoms with Crippen molar-refractivity contribution in [3.63, 3.8) is 0 Å². The largest absolute Gasteiger partial charge is 0.269 e. The molecule has 1 rings (SSSR count). The normalized spacial score (nSPS) is 9.60. The van der Waals surface area contributed by atoms with Crippen molar-refractivity contribution in [2.75, 3.05) is 0 Å². The summed E-state index contributed by atoms with van der Waals surface area (Å²) in [5, 5.41) is 4.02. The summed E-state index contributed by atoms with van der Waals surface area (Å²) >= 11 is 0. The molecule has 0 aromatic carbocycles. The maximum atomic E-state index is 10.6. The standard InChI is InChI=1S/C4H2B2N2O2/c5-1-2(6)4(10)8-7-3(1)9/h(H,7,9)(H,8,10). The van der Waals surface area contributed by atoms with Gasteiger partial charge in [-0.25, -0.2) is 0 Å². The Morgan fingerprint density at radius 3 is 1.50 bits per heavy atom. The molecule has 0 saturated heterocycles. The molecule has 46 valence electrons. The molecule has 1 aromatic heterocycles. The van der Waals surface area contributed by atoms with Gasteiger partial charge in [0.1, 0.15) is 15.7 Å². The molecule has 0 aliphatic carbocycles. The molecule has 0 aliphatic rings. The Balaban J connectivity index is 3.65. The molecule has 0 saturated carbocycles. The van der Waals surface area contributed by atoms with E-state index in [9.17, 15) is 9.59 Å². The lowest BCUT2D eigenvalue weighted by atomic mass is 9.83. The number of H-pyrrole nitrogens is 2. The van der Waals surface area contributed by atoms with Crippen LogP contribution in [-0.2, 0) is 0 Å². The first-order chi connectivity index (χ1) is 4.63. The summed E-state index contributed by atoms with van der Waals surface area (Å²) in [5.41, 5.74) is -1.67. The molecular formula is C4H2B2N2O2. The molecule has 0 aliphatic heterocycles. The fourth-order valence-electron chi connectivity index (χ4n) is 0.493. The second kappa shape index (κ2) is 2.21. The molecule has 10 heavy (non-hydrogen) atoms. The van der Waals surface area contributed by atoms with Crippen molar-refractivity contribution in [2.45, 2.75) is 0 Å². The molecule has 6 heteroatoms. The topological polar surface area (TPSA) is 65.7 Å². The zero-order chi connectivity index (χ0) is 7.72. The van der Waals surface area contributed by atoms with Gasteiger partial charge >= 0.3 is 0 Å². The summed E-state index contributed by atoms with van der Waals surface area (Å²) < 4.78 is 0. The van der Waals surface area contributed by atoms with Crippen molar-refractivity contribution >= 4 is 26.6 Å². The van der Waals surface area contributed by atoms with Gasteiger partial charge < -0.3 is 0 Å². The molecule has 0 amide bonds. The van der Waals surface area contributed by atoms with E-state index < -0.39 is 11.1 Å². The van der Waals surface area contributed by atoms with Crippen LogP contribution in [0.1, 0.15) is 0 Å². The Labute approximate surface area is 58.5 Å². The van der Waals surface area contributed by atoms with Gasteiger partial charge in [-0.15, -0.1) is 0 Å². The third-order valence-electron chi connectivity index (χ3n) is 1.07. The van der Waals surface area contributed by atoms with Gasteiger partial charge in [-0.3, -0.25) is 19.8 Å². The number of aromatic amines is 2.